The maximum atomic E-state index is 12.9. The van der Waals surface area contributed by atoms with Crippen LogP contribution in [-0.2, 0) is 16.0 Å². The summed E-state index contributed by atoms with van der Waals surface area (Å²) in [4.78, 5) is 22.5. The lowest BCUT2D eigenvalue weighted by atomic mass is 10.0. The molecule has 3 nitrogen and oxygen atoms in total. The van der Waals surface area contributed by atoms with Gasteiger partial charge in [0, 0.05) is 5.56 Å². The Labute approximate surface area is 93.2 Å². The standard InChI is InChI=1S/C12H13FO3/c1-3-16-12(15)6-9-4-5-10(13)7-11(9)8(2)14/h4-5,7H,3,6H2,1-2H3. The van der Waals surface area contributed by atoms with Gasteiger partial charge in [0.2, 0.25) is 0 Å². The average Bonchev–Trinajstić information content (AvgIpc) is 2.20. The lowest BCUT2D eigenvalue weighted by molar-refractivity contribution is -0.142. The molecular formula is C12H13FO3. The molecule has 0 amide bonds. The molecule has 0 radical (unpaired) electrons. The van der Waals surface area contributed by atoms with Crippen LogP contribution in [0.1, 0.15) is 29.8 Å². The van der Waals surface area contributed by atoms with E-state index in [9.17, 15) is 14.0 Å². The summed E-state index contributed by atoms with van der Waals surface area (Å²) in [6, 6.07) is 3.79. The number of rotatable bonds is 4. The van der Waals surface area contributed by atoms with Crippen molar-refractivity contribution in [1.29, 1.82) is 0 Å². The van der Waals surface area contributed by atoms with E-state index in [1.54, 1.807) is 6.92 Å². The zero-order valence-electron chi connectivity index (χ0n) is 9.25. The van der Waals surface area contributed by atoms with Crippen LogP contribution in [0.5, 0.6) is 0 Å². The largest absolute Gasteiger partial charge is 0.466 e. The van der Waals surface area contributed by atoms with Crippen LogP contribution in [0.25, 0.3) is 0 Å². The van der Waals surface area contributed by atoms with Gasteiger partial charge in [-0.05, 0) is 31.5 Å². The highest BCUT2D eigenvalue weighted by Gasteiger charge is 2.12. The number of carbonyl (C=O) groups excluding carboxylic acids is 2. The Morgan fingerprint density at radius 3 is 2.62 bits per heavy atom. The molecule has 0 aliphatic carbocycles. The second-order valence-electron chi connectivity index (χ2n) is 3.34. The van der Waals surface area contributed by atoms with Crippen LogP contribution in [0.3, 0.4) is 0 Å². The highest BCUT2D eigenvalue weighted by molar-refractivity contribution is 5.96. The number of Topliss-reactive ketones (excluding diaryl/α,β-unsaturated/α-hetero) is 1. The number of ketones is 1. The number of ether oxygens (including phenoxy) is 1. The lowest BCUT2D eigenvalue weighted by Crippen LogP contribution is -2.11. The smallest absolute Gasteiger partial charge is 0.310 e. The molecule has 0 aliphatic rings. The minimum absolute atomic E-state index is 0.0109. The summed E-state index contributed by atoms with van der Waals surface area (Å²) in [6.45, 7) is 3.33. The van der Waals surface area contributed by atoms with Gasteiger partial charge in [-0.25, -0.2) is 4.39 Å². The highest BCUT2D eigenvalue weighted by atomic mass is 19.1. The number of halogens is 1. The Morgan fingerprint density at radius 1 is 1.38 bits per heavy atom. The van der Waals surface area contributed by atoms with E-state index in [-0.39, 0.29) is 24.4 Å². The molecule has 1 rings (SSSR count). The van der Waals surface area contributed by atoms with Crippen LogP contribution in [0.2, 0.25) is 0 Å². The Morgan fingerprint density at radius 2 is 2.06 bits per heavy atom. The summed E-state index contributed by atoms with van der Waals surface area (Å²) in [6.07, 6.45) is -0.0109. The maximum Gasteiger partial charge on any atom is 0.310 e. The molecule has 0 saturated carbocycles. The molecule has 0 aromatic heterocycles. The third kappa shape index (κ3) is 3.15. The molecule has 0 N–H and O–H groups in total. The molecule has 0 atom stereocenters. The van der Waals surface area contributed by atoms with E-state index in [1.807, 2.05) is 0 Å². The van der Waals surface area contributed by atoms with Gasteiger partial charge in [-0.1, -0.05) is 6.07 Å². The van der Waals surface area contributed by atoms with Crippen molar-refractivity contribution in [3.63, 3.8) is 0 Å². The first-order valence-corrected chi connectivity index (χ1v) is 4.99. The maximum absolute atomic E-state index is 12.9. The van der Waals surface area contributed by atoms with E-state index >= 15 is 0 Å². The van der Waals surface area contributed by atoms with E-state index in [0.717, 1.165) is 6.07 Å². The monoisotopic (exact) mass is 224 g/mol. The minimum Gasteiger partial charge on any atom is -0.466 e. The quantitative estimate of drug-likeness (QED) is 0.581. The summed E-state index contributed by atoms with van der Waals surface area (Å²) >= 11 is 0. The molecule has 0 saturated heterocycles. The molecule has 0 fully saturated rings. The van der Waals surface area contributed by atoms with Gasteiger partial charge in [-0.15, -0.1) is 0 Å². The molecule has 1 aromatic rings. The Balaban J connectivity index is 2.95. The van der Waals surface area contributed by atoms with Crippen LogP contribution in [0.4, 0.5) is 4.39 Å². The topological polar surface area (TPSA) is 43.4 Å². The van der Waals surface area contributed by atoms with Gasteiger partial charge in [0.05, 0.1) is 13.0 Å². The number of hydrogen-bond acceptors (Lipinski definition) is 3. The Bertz CT molecular complexity index is 413. The molecule has 86 valence electrons. The van der Waals surface area contributed by atoms with Gasteiger partial charge in [0.15, 0.2) is 5.78 Å². The van der Waals surface area contributed by atoms with Crippen molar-refractivity contribution in [2.24, 2.45) is 0 Å². The van der Waals surface area contributed by atoms with Crippen LogP contribution in [0, 0.1) is 5.82 Å². The summed E-state index contributed by atoms with van der Waals surface area (Å²) < 4.78 is 17.7. The molecule has 16 heavy (non-hydrogen) atoms. The minimum atomic E-state index is -0.488. The van der Waals surface area contributed by atoms with Crippen molar-refractivity contribution in [1.82, 2.24) is 0 Å². The third-order valence-electron chi connectivity index (χ3n) is 2.09. The number of esters is 1. The summed E-state index contributed by atoms with van der Waals surface area (Å²) in [5, 5.41) is 0. The van der Waals surface area contributed by atoms with Gasteiger partial charge in [-0.2, -0.15) is 0 Å². The molecule has 4 heteroatoms. The predicted octanol–water partition coefficient (Wildman–Crippen LogP) is 2.13. The molecular weight excluding hydrogens is 211 g/mol. The second-order valence-corrected chi connectivity index (χ2v) is 3.34. The van der Waals surface area contributed by atoms with Gasteiger partial charge in [0.1, 0.15) is 5.82 Å². The van der Waals surface area contributed by atoms with Gasteiger partial charge < -0.3 is 4.74 Å². The van der Waals surface area contributed by atoms with E-state index in [1.165, 1.54) is 19.1 Å². The Kier molecular flexibility index (Phi) is 4.17. The van der Waals surface area contributed by atoms with Crippen molar-refractivity contribution in [3.8, 4) is 0 Å². The molecule has 0 spiro atoms. The highest BCUT2D eigenvalue weighted by Crippen LogP contribution is 2.13. The molecule has 0 bridgehead atoms. The van der Waals surface area contributed by atoms with Crippen molar-refractivity contribution in [3.05, 3.63) is 35.1 Å². The fourth-order valence-electron chi connectivity index (χ4n) is 1.40. The fraction of sp³-hybridized carbons (Fsp3) is 0.333. The second kappa shape index (κ2) is 5.39. The molecule has 0 heterocycles. The number of carbonyl (C=O) groups is 2. The summed E-state index contributed by atoms with van der Waals surface area (Å²) in [5.74, 6) is -1.17. The zero-order chi connectivity index (χ0) is 12.1. The third-order valence-corrected chi connectivity index (χ3v) is 2.09. The molecule has 1 aromatic carbocycles. The first kappa shape index (κ1) is 12.4. The summed E-state index contributed by atoms with van der Waals surface area (Å²) in [5.41, 5.74) is 0.723. The van der Waals surface area contributed by atoms with Crippen LogP contribution in [0.15, 0.2) is 18.2 Å². The average molecular weight is 224 g/mol. The zero-order valence-corrected chi connectivity index (χ0v) is 9.25. The first-order chi connectivity index (χ1) is 7.54. The van der Waals surface area contributed by atoms with E-state index in [0.29, 0.717) is 5.56 Å². The summed E-state index contributed by atoms with van der Waals surface area (Å²) in [7, 11) is 0. The Hall–Kier alpha value is -1.71. The van der Waals surface area contributed by atoms with Crippen molar-refractivity contribution >= 4 is 11.8 Å². The number of benzene rings is 1. The van der Waals surface area contributed by atoms with Gasteiger partial charge >= 0.3 is 5.97 Å². The van der Waals surface area contributed by atoms with E-state index in [4.69, 9.17) is 4.74 Å². The van der Waals surface area contributed by atoms with Gasteiger partial charge in [-0.3, -0.25) is 9.59 Å². The lowest BCUT2D eigenvalue weighted by Gasteiger charge is -2.06. The van der Waals surface area contributed by atoms with E-state index in [2.05, 4.69) is 0 Å². The van der Waals surface area contributed by atoms with E-state index < -0.39 is 11.8 Å². The van der Waals surface area contributed by atoms with Crippen molar-refractivity contribution < 1.29 is 18.7 Å². The molecule has 0 aliphatic heterocycles. The molecule has 0 unspecified atom stereocenters. The predicted molar refractivity (Wildman–Crippen MR) is 56.7 cm³/mol. The number of hydrogen-bond donors (Lipinski definition) is 0. The normalized spacial score (nSPS) is 9.94. The van der Waals surface area contributed by atoms with Crippen molar-refractivity contribution in [2.75, 3.05) is 6.61 Å². The first-order valence-electron chi connectivity index (χ1n) is 4.99. The van der Waals surface area contributed by atoms with Crippen molar-refractivity contribution in [2.45, 2.75) is 20.3 Å². The van der Waals surface area contributed by atoms with Gasteiger partial charge in [0.25, 0.3) is 0 Å². The fourth-order valence-corrected chi connectivity index (χ4v) is 1.40. The SMILES string of the molecule is CCOC(=O)Cc1ccc(F)cc1C(C)=O. The van der Waals surface area contributed by atoms with Crippen LogP contribution < -0.4 is 0 Å². The van der Waals surface area contributed by atoms with Crippen LogP contribution >= 0.6 is 0 Å². The van der Waals surface area contributed by atoms with Crippen LogP contribution in [-0.4, -0.2) is 18.4 Å².